The molecule has 0 aliphatic carbocycles. The number of rotatable bonds is 3. The molecule has 0 fully saturated rings. The molecule has 3 aromatic heterocycles. The predicted molar refractivity (Wildman–Crippen MR) is 80.3 cm³/mol. The highest BCUT2D eigenvalue weighted by molar-refractivity contribution is 7.17. The van der Waals surface area contributed by atoms with Crippen LogP contribution < -0.4 is 5.56 Å². The lowest BCUT2D eigenvalue weighted by Crippen LogP contribution is -2.26. The number of nitrogens with zero attached hydrogens (tertiary/aromatic N) is 4. The molecule has 1 atom stereocenters. The third-order valence-corrected chi connectivity index (χ3v) is 4.68. The van der Waals surface area contributed by atoms with E-state index >= 15 is 0 Å². The van der Waals surface area contributed by atoms with Crippen LogP contribution >= 0.6 is 11.3 Å². The quantitative estimate of drug-likeness (QED) is 0.744. The second kappa shape index (κ2) is 4.86. The fourth-order valence-corrected chi connectivity index (χ4v) is 3.46. The van der Waals surface area contributed by atoms with Crippen LogP contribution in [0.15, 0.2) is 28.8 Å². The first-order chi connectivity index (χ1) is 9.63. The Morgan fingerprint density at radius 1 is 1.45 bits per heavy atom. The van der Waals surface area contributed by atoms with E-state index < -0.39 is 0 Å². The second-order valence-corrected chi connectivity index (χ2v) is 5.74. The highest BCUT2D eigenvalue weighted by atomic mass is 32.1. The van der Waals surface area contributed by atoms with Gasteiger partial charge in [0.1, 0.15) is 4.70 Å². The van der Waals surface area contributed by atoms with Crippen molar-refractivity contribution in [1.82, 2.24) is 19.3 Å². The van der Waals surface area contributed by atoms with Crippen LogP contribution in [0.2, 0.25) is 0 Å². The molecule has 0 radical (unpaired) electrons. The average Bonchev–Trinajstić information content (AvgIpc) is 3.01. The van der Waals surface area contributed by atoms with Gasteiger partial charge in [-0.2, -0.15) is 5.10 Å². The number of hydrogen-bond donors (Lipinski definition) is 0. The van der Waals surface area contributed by atoms with E-state index in [1.165, 1.54) is 11.3 Å². The maximum absolute atomic E-state index is 12.7. The van der Waals surface area contributed by atoms with E-state index in [4.69, 9.17) is 0 Å². The van der Waals surface area contributed by atoms with Gasteiger partial charge < -0.3 is 0 Å². The molecular formula is C14H16N4OS. The molecule has 3 aromatic rings. The summed E-state index contributed by atoms with van der Waals surface area (Å²) in [6.45, 7) is 4.04. The highest BCUT2D eigenvalue weighted by Gasteiger charge is 2.18. The summed E-state index contributed by atoms with van der Waals surface area (Å²) in [4.78, 5) is 17.1. The van der Waals surface area contributed by atoms with Gasteiger partial charge in [-0.15, -0.1) is 11.3 Å². The van der Waals surface area contributed by atoms with Gasteiger partial charge in [0.15, 0.2) is 0 Å². The molecule has 0 bridgehead atoms. The van der Waals surface area contributed by atoms with Crippen molar-refractivity contribution in [2.45, 2.75) is 26.3 Å². The minimum Gasteiger partial charge on any atom is -0.289 e. The Balaban J connectivity index is 2.20. The van der Waals surface area contributed by atoms with Crippen molar-refractivity contribution < 1.29 is 0 Å². The van der Waals surface area contributed by atoms with E-state index in [-0.39, 0.29) is 11.6 Å². The molecule has 3 rings (SSSR count). The van der Waals surface area contributed by atoms with Gasteiger partial charge in [0.2, 0.25) is 0 Å². The Morgan fingerprint density at radius 2 is 2.25 bits per heavy atom. The van der Waals surface area contributed by atoms with Gasteiger partial charge in [-0.3, -0.25) is 14.0 Å². The van der Waals surface area contributed by atoms with Gasteiger partial charge >= 0.3 is 0 Å². The van der Waals surface area contributed by atoms with Gasteiger partial charge in [0.05, 0.1) is 23.6 Å². The molecule has 0 N–H and O–H groups in total. The topological polar surface area (TPSA) is 52.7 Å². The van der Waals surface area contributed by atoms with E-state index in [9.17, 15) is 4.79 Å². The van der Waals surface area contributed by atoms with Crippen molar-refractivity contribution in [2.75, 3.05) is 0 Å². The second-order valence-electron chi connectivity index (χ2n) is 4.86. The summed E-state index contributed by atoms with van der Waals surface area (Å²) in [5.41, 5.74) is 2.92. The minimum atomic E-state index is -0.0330. The van der Waals surface area contributed by atoms with Gasteiger partial charge in [-0.05, 0) is 30.4 Å². The standard InChI is InChI=1S/C14H16N4OS/c1-4-10(11-5-6-16-17(11)3)18-8-15-12-9(2)7-20-13(12)14(18)19/h5-8,10H,4H2,1-3H3. The lowest BCUT2D eigenvalue weighted by molar-refractivity contribution is 0.503. The van der Waals surface area contributed by atoms with Crippen molar-refractivity contribution in [3.05, 3.63) is 45.6 Å². The Kier molecular flexibility index (Phi) is 3.17. The zero-order valence-corrected chi connectivity index (χ0v) is 12.5. The lowest BCUT2D eigenvalue weighted by atomic mass is 10.1. The Labute approximate surface area is 120 Å². The van der Waals surface area contributed by atoms with E-state index in [1.54, 1.807) is 17.1 Å². The van der Waals surface area contributed by atoms with Crippen molar-refractivity contribution >= 4 is 21.6 Å². The van der Waals surface area contributed by atoms with E-state index in [0.717, 1.165) is 27.9 Å². The number of fused-ring (bicyclic) bond motifs is 1. The summed E-state index contributed by atoms with van der Waals surface area (Å²) in [5, 5.41) is 6.17. The summed E-state index contributed by atoms with van der Waals surface area (Å²) < 4.78 is 4.25. The number of hydrogen-bond acceptors (Lipinski definition) is 4. The lowest BCUT2D eigenvalue weighted by Gasteiger charge is -2.18. The van der Waals surface area contributed by atoms with Crippen LogP contribution in [-0.2, 0) is 7.05 Å². The largest absolute Gasteiger partial charge is 0.289 e. The molecular weight excluding hydrogens is 272 g/mol. The monoisotopic (exact) mass is 288 g/mol. The van der Waals surface area contributed by atoms with E-state index in [1.807, 2.05) is 30.1 Å². The normalized spacial score (nSPS) is 12.9. The molecule has 6 heteroatoms. The van der Waals surface area contributed by atoms with Gasteiger partial charge in [-0.1, -0.05) is 6.92 Å². The number of aryl methyl sites for hydroxylation is 2. The minimum absolute atomic E-state index is 0.0288. The van der Waals surface area contributed by atoms with Crippen molar-refractivity contribution in [3.63, 3.8) is 0 Å². The van der Waals surface area contributed by atoms with Gasteiger partial charge in [0.25, 0.3) is 5.56 Å². The third-order valence-electron chi connectivity index (χ3n) is 3.60. The summed E-state index contributed by atoms with van der Waals surface area (Å²) in [6.07, 6.45) is 4.23. The highest BCUT2D eigenvalue weighted by Crippen LogP contribution is 2.23. The van der Waals surface area contributed by atoms with Crippen molar-refractivity contribution in [3.8, 4) is 0 Å². The molecule has 0 saturated heterocycles. The molecule has 0 spiro atoms. The first-order valence-electron chi connectivity index (χ1n) is 6.56. The van der Waals surface area contributed by atoms with Crippen LogP contribution in [0.3, 0.4) is 0 Å². The molecule has 3 heterocycles. The van der Waals surface area contributed by atoms with Crippen LogP contribution in [0.4, 0.5) is 0 Å². The average molecular weight is 288 g/mol. The smallest absolute Gasteiger partial charge is 0.271 e. The fourth-order valence-electron chi connectivity index (χ4n) is 2.52. The number of thiophene rings is 1. The molecule has 0 aromatic carbocycles. The summed E-state index contributed by atoms with van der Waals surface area (Å²) in [5.74, 6) is 0. The molecule has 5 nitrogen and oxygen atoms in total. The molecule has 1 unspecified atom stereocenters. The summed E-state index contributed by atoms with van der Waals surface area (Å²) in [7, 11) is 1.89. The van der Waals surface area contributed by atoms with Crippen LogP contribution in [0.5, 0.6) is 0 Å². The van der Waals surface area contributed by atoms with Crippen molar-refractivity contribution in [1.29, 1.82) is 0 Å². The van der Waals surface area contributed by atoms with E-state index in [0.29, 0.717) is 0 Å². The first kappa shape index (κ1) is 13.1. The maximum atomic E-state index is 12.7. The molecule has 0 aliphatic rings. The molecule has 0 saturated carbocycles. The first-order valence-corrected chi connectivity index (χ1v) is 7.44. The molecule has 20 heavy (non-hydrogen) atoms. The molecule has 0 aliphatic heterocycles. The Hall–Kier alpha value is -1.95. The van der Waals surface area contributed by atoms with Gasteiger partial charge in [0, 0.05) is 13.2 Å². The predicted octanol–water partition coefficient (Wildman–Crippen LogP) is 2.50. The zero-order chi connectivity index (χ0) is 14.3. The zero-order valence-electron chi connectivity index (χ0n) is 11.7. The van der Waals surface area contributed by atoms with Crippen molar-refractivity contribution in [2.24, 2.45) is 7.05 Å². The van der Waals surface area contributed by atoms with Crippen LogP contribution in [0, 0.1) is 6.92 Å². The maximum Gasteiger partial charge on any atom is 0.271 e. The Bertz CT molecular complexity index is 814. The summed E-state index contributed by atoms with van der Waals surface area (Å²) in [6, 6.07) is 1.92. The van der Waals surface area contributed by atoms with Crippen LogP contribution in [0.1, 0.15) is 30.6 Å². The molecule has 0 amide bonds. The molecule has 104 valence electrons. The fraction of sp³-hybridized carbons (Fsp3) is 0.357. The van der Waals surface area contributed by atoms with Crippen LogP contribution in [0.25, 0.3) is 10.2 Å². The third kappa shape index (κ3) is 1.87. The number of aromatic nitrogens is 4. The SMILES string of the molecule is CCC(c1ccnn1C)n1cnc2c(C)csc2c1=O. The van der Waals surface area contributed by atoms with Crippen LogP contribution in [-0.4, -0.2) is 19.3 Å². The Morgan fingerprint density at radius 3 is 2.90 bits per heavy atom. The van der Waals surface area contributed by atoms with Gasteiger partial charge in [-0.25, -0.2) is 4.98 Å². The summed E-state index contributed by atoms with van der Waals surface area (Å²) >= 11 is 1.47. The van der Waals surface area contributed by atoms with E-state index in [2.05, 4.69) is 17.0 Å².